The van der Waals surface area contributed by atoms with Gasteiger partial charge in [0.1, 0.15) is 6.61 Å². The van der Waals surface area contributed by atoms with Gasteiger partial charge >= 0.3 is 0 Å². The Labute approximate surface area is 108 Å². The molecule has 0 saturated heterocycles. The van der Waals surface area contributed by atoms with Gasteiger partial charge in [0.25, 0.3) is 6.43 Å². The number of alkyl halides is 2. The summed E-state index contributed by atoms with van der Waals surface area (Å²) in [6, 6.07) is 0. The van der Waals surface area contributed by atoms with Crippen LogP contribution in [0.25, 0.3) is 0 Å². The van der Waals surface area contributed by atoms with Gasteiger partial charge in [0.05, 0.1) is 12.7 Å². The Kier molecular flexibility index (Phi) is 6.06. The number of anilines is 2. The second-order valence-corrected chi connectivity index (χ2v) is 4.56. The summed E-state index contributed by atoms with van der Waals surface area (Å²) in [5, 5.41) is 3.68. The topological polar surface area (TPSA) is 69.4 Å². The number of halogens is 2. The lowest BCUT2D eigenvalue weighted by molar-refractivity contribution is 0.0215. The van der Waals surface area contributed by atoms with E-state index >= 15 is 0 Å². The predicted octanol–water partition coefficient (Wildman–Crippen LogP) is 2.21. The highest BCUT2D eigenvalue weighted by Gasteiger charge is 2.14. The first-order valence-corrected chi connectivity index (χ1v) is 6.29. The highest BCUT2D eigenvalue weighted by atomic mass is 32.1. The van der Waals surface area contributed by atoms with Gasteiger partial charge < -0.3 is 20.5 Å². The van der Waals surface area contributed by atoms with Gasteiger partial charge in [-0.1, -0.05) is 0 Å². The number of nitrogens with one attached hydrogen (secondary N) is 1. The van der Waals surface area contributed by atoms with Gasteiger partial charge in [-0.25, -0.2) is 8.78 Å². The van der Waals surface area contributed by atoms with Gasteiger partial charge in [0.15, 0.2) is 16.6 Å². The Morgan fingerprint density at radius 3 is 2.78 bits per heavy atom. The first kappa shape index (κ1) is 14.9. The van der Waals surface area contributed by atoms with Gasteiger partial charge in [-0.15, -0.1) is 0 Å². The highest BCUT2D eigenvalue weighted by Crippen LogP contribution is 2.35. The Bertz CT molecular complexity index is 361. The van der Waals surface area contributed by atoms with E-state index in [1.54, 1.807) is 0 Å². The lowest BCUT2D eigenvalue weighted by Gasteiger charge is -2.11. The third-order valence-corrected chi connectivity index (χ3v) is 2.60. The van der Waals surface area contributed by atoms with Crippen LogP contribution in [0.1, 0.15) is 13.8 Å². The number of hydrogen-bond acceptors (Lipinski definition) is 6. The Balaban J connectivity index is 2.37. The molecule has 1 heterocycles. The summed E-state index contributed by atoms with van der Waals surface area (Å²) in [5.74, 6) is 0.827. The lowest BCUT2D eigenvalue weighted by atomic mass is 10.4. The zero-order chi connectivity index (χ0) is 13.5. The molecule has 0 bridgehead atoms. The van der Waals surface area contributed by atoms with Crippen molar-refractivity contribution in [2.24, 2.45) is 0 Å². The summed E-state index contributed by atoms with van der Waals surface area (Å²) in [4.78, 5) is 0. The van der Waals surface area contributed by atoms with Gasteiger partial charge in [-0.05, 0) is 25.4 Å². The summed E-state index contributed by atoms with van der Waals surface area (Å²) >= 11 is 1.17. The average Bonchev–Trinajstić information content (AvgIpc) is 2.60. The molecule has 1 aromatic rings. The molecule has 3 N–H and O–H groups in total. The van der Waals surface area contributed by atoms with Crippen LogP contribution in [0.5, 0.6) is 5.75 Å². The van der Waals surface area contributed by atoms with Crippen LogP contribution >= 0.6 is 11.5 Å². The van der Waals surface area contributed by atoms with E-state index in [1.807, 2.05) is 13.8 Å². The molecule has 104 valence electrons. The van der Waals surface area contributed by atoms with E-state index < -0.39 is 13.0 Å². The maximum absolute atomic E-state index is 11.8. The van der Waals surface area contributed by atoms with Gasteiger partial charge in [0.2, 0.25) is 0 Å². The van der Waals surface area contributed by atoms with Crippen LogP contribution < -0.4 is 15.8 Å². The minimum absolute atomic E-state index is 0.0145. The lowest BCUT2D eigenvalue weighted by Crippen LogP contribution is -2.14. The molecule has 18 heavy (non-hydrogen) atoms. The smallest absolute Gasteiger partial charge is 0.261 e. The van der Waals surface area contributed by atoms with E-state index in [0.29, 0.717) is 23.1 Å². The molecule has 0 fully saturated rings. The summed E-state index contributed by atoms with van der Waals surface area (Å²) < 4.78 is 37.8. The average molecular weight is 281 g/mol. The number of nitrogens with two attached hydrogens (primary N) is 1. The highest BCUT2D eigenvalue weighted by molar-refractivity contribution is 7.11. The number of rotatable bonds is 8. The third-order valence-electron chi connectivity index (χ3n) is 1.80. The van der Waals surface area contributed by atoms with E-state index in [4.69, 9.17) is 15.2 Å². The standard InChI is InChI=1S/C10H17F2N3O2S/c1-6(2)17-8-9(13)15-18-10(8)14-3-4-16-5-7(11)12/h6-7,14H,3-5H2,1-2H3,(H2,13,15). The van der Waals surface area contributed by atoms with Gasteiger partial charge in [0, 0.05) is 6.54 Å². The first-order chi connectivity index (χ1) is 8.50. The molecule has 1 aromatic heterocycles. The maximum atomic E-state index is 11.8. The van der Waals surface area contributed by atoms with Crippen molar-refractivity contribution in [2.45, 2.75) is 26.4 Å². The fourth-order valence-corrected chi connectivity index (χ4v) is 1.84. The van der Waals surface area contributed by atoms with Crippen LogP contribution in [-0.2, 0) is 4.74 Å². The van der Waals surface area contributed by atoms with Crippen LogP contribution in [0.3, 0.4) is 0 Å². The monoisotopic (exact) mass is 281 g/mol. The van der Waals surface area contributed by atoms with Crippen LogP contribution in [0.15, 0.2) is 0 Å². The molecule has 0 unspecified atom stereocenters. The molecule has 0 amide bonds. The molecule has 0 aliphatic rings. The Hall–Kier alpha value is -1.15. The van der Waals surface area contributed by atoms with Crippen molar-refractivity contribution >= 4 is 22.4 Å². The van der Waals surface area contributed by atoms with E-state index in [1.165, 1.54) is 11.5 Å². The number of hydrogen-bond donors (Lipinski definition) is 2. The second-order valence-electron chi connectivity index (χ2n) is 3.79. The molecule has 8 heteroatoms. The molecule has 1 rings (SSSR count). The molecule has 0 spiro atoms. The van der Waals surface area contributed by atoms with E-state index in [2.05, 4.69) is 9.69 Å². The Morgan fingerprint density at radius 1 is 1.44 bits per heavy atom. The summed E-state index contributed by atoms with van der Waals surface area (Å²) in [5.41, 5.74) is 5.66. The molecular weight excluding hydrogens is 264 g/mol. The Morgan fingerprint density at radius 2 is 2.17 bits per heavy atom. The zero-order valence-corrected chi connectivity index (χ0v) is 11.1. The number of aromatic nitrogens is 1. The maximum Gasteiger partial charge on any atom is 0.261 e. The van der Waals surface area contributed by atoms with Crippen LogP contribution in [0.2, 0.25) is 0 Å². The number of ether oxygens (including phenoxy) is 2. The van der Waals surface area contributed by atoms with Crippen molar-refractivity contribution in [3.8, 4) is 5.75 Å². The molecule has 0 radical (unpaired) electrons. The van der Waals surface area contributed by atoms with Crippen molar-refractivity contribution in [2.75, 3.05) is 30.8 Å². The largest absolute Gasteiger partial charge is 0.484 e. The molecule has 0 aliphatic heterocycles. The molecule has 0 aliphatic carbocycles. The number of nitrogen functional groups attached to an aromatic ring is 1. The number of nitrogens with zero attached hydrogens (tertiary/aromatic N) is 1. The summed E-state index contributed by atoms with van der Waals surface area (Å²) in [6.07, 6.45) is -2.46. The summed E-state index contributed by atoms with van der Waals surface area (Å²) in [6.45, 7) is 3.78. The normalized spacial score (nSPS) is 11.2. The van der Waals surface area contributed by atoms with Gasteiger partial charge in [-0.3, -0.25) is 0 Å². The predicted molar refractivity (Wildman–Crippen MR) is 67.6 cm³/mol. The third kappa shape index (κ3) is 5.01. The minimum atomic E-state index is -2.44. The van der Waals surface area contributed by atoms with E-state index in [-0.39, 0.29) is 12.7 Å². The molecular formula is C10H17F2N3O2S. The quantitative estimate of drug-likeness (QED) is 0.715. The van der Waals surface area contributed by atoms with Crippen LogP contribution in [-0.4, -0.2) is 36.7 Å². The fraction of sp³-hybridized carbons (Fsp3) is 0.700. The van der Waals surface area contributed by atoms with Crippen LogP contribution in [0.4, 0.5) is 19.6 Å². The van der Waals surface area contributed by atoms with Gasteiger partial charge in [-0.2, -0.15) is 4.37 Å². The fourth-order valence-electron chi connectivity index (χ4n) is 1.17. The van der Waals surface area contributed by atoms with E-state index in [9.17, 15) is 8.78 Å². The van der Waals surface area contributed by atoms with Crippen LogP contribution in [0, 0.1) is 0 Å². The zero-order valence-electron chi connectivity index (χ0n) is 10.3. The van der Waals surface area contributed by atoms with Crippen molar-refractivity contribution in [1.82, 2.24) is 4.37 Å². The minimum Gasteiger partial charge on any atom is -0.484 e. The van der Waals surface area contributed by atoms with E-state index in [0.717, 1.165) is 0 Å². The SMILES string of the molecule is CC(C)Oc1c(N)nsc1NCCOCC(F)F. The first-order valence-electron chi connectivity index (χ1n) is 5.52. The molecule has 0 aromatic carbocycles. The van der Waals surface area contributed by atoms with Crippen molar-refractivity contribution in [3.05, 3.63) is 0 Å². The molecule has 0 atom stereocenters. The summed E-state index contributed by atoms with van der Waals surface area (Å²) in [7, 11) is 0. The van der Waals surface area contributed by atoms with Crippen molar-refractivity contribution in [3.63, 3.8) is 0 Å². The van der Waals surface area contributed by atoms with Crippen molar-refractivity contribution < 1.29 is 18.3 Å². The second kappa shape index (κ2) is 7.32. The molecule has 5 nitrogen and oxygen atoms in total. The molecule has 0 saturated carbocycles. The van der Waals surface area contributed by atoms with Crippen molar-refractivity contribution in [1.29, 1.82) is 0 Å².